The van der Waals surface area contributed by atoms with Crippen LogP contribution in [0.25, 0.3) is 0 Å². The van der Waals surface area contributed by atoms with E-state index in [4.69, 9.17) is 4.74 Å². The highest BCUT2D eigenvalue weighted by Gasteiger charge is 2.16. The van der Waals surface area contributed by atoms with Gasteiger partial charge in [-0.2, -0.15) is 0 Å². The van der Waals surface area contributed by atoms with Gasteiger partial charge in [0.15, 0.2) is 5.82 Å². The Morgan fingerprint density at radius 2 is 2.17 bits per heavy atom. The van der Waals surface area contributed by atoms with Crippen LogP contribution < -0.4 is 15.5 Å². The fraction of sp³-hybridized carbons (Fsp3) is 0.400. The molecule has 23 heavy (non-hydrogen) atoms. The number of rotatable bonds is 5. The van der Waals surface area contributed by atoms with E-state index >= 15 is 0 Å². The zero-order valence-electron chi connectivity index (χ0n) is 12.8. The highest BCUT2D eigenvalue weighted by molar-refractivity contribution is 5.92. The SMILES string of the molecule is O=C(NCCn1ccnc1)Nc1cccnc1N1CCOCC1. The van der Waals surface area contributed by atoms with Crippen LogP contribution in [0.15, 0.2) is 37.1 Å². The summed E-state index contributed by atoms with van der Waals surface area (Å²) >= 11 is 0. The van der Waals surface area contributed by atoms with Crippen LogP contribution in [0, 0.1) is 0 Å². The van der Waals surface area contributed by atoms with Crippen molar-refractivity contribution < 1.29 is 9.53 Å². The van der Waals surface area contributed by atoms with Gasteiger partial charge in [-0.15, -0.1) is 0 Å². The molecular formula is C15H20N6O2. The molecule has 2 N–H and O–H groups in total. The molecule has 0 bridgehead atoms. The number of aromatic nitrogens is 3. The van der Waals surface area contributed by atoms with Crippen LogP contribution in [0.5, 0.6) is 0 Å². The molecular weight excluding hydrogens is 296 g/mol. The van der Waals surface area contributed by atoms with Gasteiger partial charge in [0, 0.05) is 44.8 Å². The number of amides is 2. The highest BCUT2D eigenvalue weighted by atomic mass is 16.5. The first kappa shape index (κ1) is 15.3. The quantitative estimate of drug-likeness (QED) is 0.857. The first-order valence-corrected chi connectivity index (χ1v) is 7.61. The summed E-state index contributed by atoms with van der Waals surface area (Å²) in [5.74, 6) is 0.778. The van der Waals surface area contributed by atoms with Crippen molar-refractivity contribution in [3.05, 3.63) is 37.1 Å². The Kier molecular flexibility index (Phi) is 5.05. The van der Waals surface area contributed by atoms with Crippen molar-refractivity contribution in [3.8, 4) is 0 Å². The van der Waals surface area contributed by atoms with Gasteiger partial charge in [-0.25, -0.2) is 14.8 Å². The molecule has 1 aliphatic rings. The number of hydrogen-bond donors (Lipinski definition) is 2. The van der Waals surface area contributed by atoms with Gasteiger partial charge >= 0.3 is 6.03 Å². The summed E-state index contributed by atoms with van der Waals surface area (Å²) in [6.07, 6.45) is 7.02. The maximum absolute atomic E-state index is 12.1. The van der Waals surface area contributed by atoms with E-state index in [0.29, 0.717) is 32.0 Å². The molecule has 2 amide bonds. The molecule has 122 valence electrons. The lowest BCUT2D eigenvalue weighted by molar-refractivity contribution is 0.122. The van der Waals surface area contributed by atoms with Gasteiger partial charge in [0.25, 0.3) is 0 Å². The van der Waals surface area contributed by atoms with Gasteiger partial charge < -0.3 is 24.8 Å². The Hall–Kier alpha value is -2.61. The topological polar surface area (TPSA) is 84.3 Å². The molecule has 0 aromatic carbocycles. The Morgan fingerprint density at radius 3 is 2.96 bits per heavy atom. The molecule has 0 unspecified atom stereocenters. The molecule has 0 atom stereocenters. The molecule has 1 fully saturated rings. The van der Waals surface area contributed by atoms with Crippen molar-refractivity contribution >= 4 is 17.5 Å². The number of morpholine rings is 1. The van der Waals surface area contributed by atoms with Gasteiger partial charge in [-0.1, -0.05) is 0 Å². The summed E-state index contributed by atoms with van der Waals surface area (Å²) in [5.41, 5.74) is 0.703. The summed E-state index contributed by atoms with van der Waals surface area (Å²) in [6.45, 7) is 4.09. The molecule has 1 saturated heterocycles. The normalized spacial score (nSPS) is 14.5. The molecule has 2 aromatic rings. The zero-order chi connectivity index (χ0) is 15.9. The van der Waals surface area contributed by atoms with E-state index in [1.807, 2.05) is 22.9 Å². The number of nitrogens with one attached hydrogen (secondary N) is 2. The number of nitrogens with zero attached hydrogens (tertiary/aromatic N) is 4. The fourth-order valence-electron chi connectivity index (χ4n) is 2.41. The first-order chi connectivity index (χ1) is 11.3. The standard InChI is InChI=1S/C15H20N6O2/c22-15(18-5-7-20-6-4-16-12-20)19-13-2-1-3-17-14(13)21-8-10-23-11-9-21/h1-4,6,12H,5,7-11H2,(H2,18,19,22). The van der Waals surface area contributed by atoms with Crippen molar-refractivity contribution in [3.63, 3.8) is 0 Å². The number of ether oxygens (including phenoxy) is 1. The van der Waals surface area contributed by atoms with Crippen LogP contribution >= 0.6 is 0 Å². The predicted octanol–water partition coefficient (Wildman–Crippen LogP) is 0.936. The average Bonchev–Trinajstić information content (AvgIpc) is 3.09. The average molecular weight is 316 g/mol. The van der Waals surface area contributed by atoms with Gasteiger partial charge in [0.2, 0.25) is 0 Å². The molecule has 8 nitrogen and oxygen atoms in total. The van der Waals surface area contributed by atoms with E-state index in [0.717, 1.165) is 18.9 Å². The number of pyridine rings is 1. The van der Waals surface area contributed by atoms with Crippen LogP contribution in [-0.2, 0) is 11.3 Å². The van der Waals surface area contributed by atoms with Gasteiger partial charge in [0.1, 0.15) is 0 Å². The van der Waals surface area contributed by atoms with Crippen LogP contribution in [0.2, 0.25) is 0 Å². The smallest absolute Gasteiger partial charge is 0.319 e. The highest BCUT2D eigenvalue weighted by Crippen LogP contribution is 2.23. The minimum absolute atomic E-state index is 0.243. The van der Waals surface area contributed by atoms with Gasteiger partial charge in [-0.3, -0.25) is 0 Å². The lowest BCUT2D eigenvalue weighted by Gasteiger charge is -2.29. The second-order valence-corrected chi connectivity index (χ2v) is 5.16. The Morgan fingerprint density at radius 1 is 1.30 bits per heavy atom. The number of hydrogen-bond acceptors (Lipinski definition) is 5. The molecule has 1 aliphatic heterocycles. The Balaban J connectivity index is 1.55. The van der Waals surface area contributed by atoms with E-state index in [-0.39, 0.29) is 6.03 Å². The van der Waals surface area contributed by atoms with Crippen LogP contribution in [0.3, 0.4) is 0 Å². The summed E-state index contributed by atoms with van der Waals surface area (Å²) in [5, 5.41) is 5.70. The molecule has 3 rings (SSSR count). The maximum Gasteiger partial charge on any atom is 0.319 e. The molecule has 0 spiro atoms. The molecule has 3 heterocycles. The first-order valence-electron chi connectivity index (χ1n) is 7.61. The molecule has 2 aromatic heterocycles. The lowest BCUT2D eigenvalue weighted by Crippen LogP contribution is -2.38. The van der Waals surface area contributed by atoms with Crippen molar-refractivity contribution in [1.82, 2.24) is 19.9 Å². The van der Waals surface area contributed by atoms with E-state index in [9.17, 15) is 4.79 Å². The van der Waals surface area contributed by atoms with Crippen molar-refractivity contribution in [2.24, 2.45) is 0 Å². The van der Waals surface area contributed by atoms with E-state index in [2.05, 4.69) is 25.5 Å². The van der Waals surface area contributed by atoms with Crippen molar-refractivity contribution in [2.75, 3.05) is 43.1 Å². The van der Waals surface area contributed by atoms with Crippen molar-refractivity contribution in [2.45, 2.75) is 6.54 Å². The van der Waals surface area contributed by atoms with E-state index in [1.54, 1.807) is 18.7 Å². The Bertz CT molecular complexity index is 625. The largest absolute Gasteiger partial charge is 0.378 e. The molecule has 0 radical (unpaired) electrons. The monoisotopic (exact) mass is 316 g/mol. The van der Waals surface area contributed by atoms with E-state index < -0.39 is 0 Å². The fourth-order valence-corrected chi connectivity index (χ4v) is 2.41. The minimum atomic E-state index is -0.243. The number of anilines is 2. The number of urea groups is 1. The van der Waals surface area contributed by atoms with Crippen LogP contribution in [0.1, 0.15) is 0 Å². The second-order valence-electron chi connectivity index (χ2n) is 5.16. The molecule has 8 heteroatoms. The summed E-state index contributed by atoms with van der Waals surface area (Å²) < 4.78 is 7.26. The lowest BCUT2D eigenvalue weighted by atomic mass is 10.3. The number of carbonyl (C=O) groups is 1. The zero-order valence-corrected chi connectivity index (χ0v) is 12.8. The third-order valence-electron chi connectivity index (χ3n) is 3.56. The van der Waals surface area contributed by atoms with Crippen molar-refractivity contribution in [1.29, 1.82) is 0 Å². The predicted molar refractivity (Wildman–Crippen MR) is 86.5 cm³/mol. The Labute approximate surface area is 134 Å². The third kappa shape index (κ3) is 4.19. The van der Waals surface area contributed by atoms with Gasteiger partial charge in [0.05, 0.1) is 25.2 Å². The van der Waals surface area contributed by atoms with Gasteiger partial charge in [-0.05, 0) is 12.1 Å². The van der Waals surface area contributed by atoms with E-state index in [1.165, 1.54) is 0 Å². The maximum atomic E-state index is 12.1. The third-order valence-corrected chi connectivity index (χ3v) is 3.56. The number of carbonyl (C=O) groups excluding carboxylic acids is 1. The molecule has 0 aliphatic carbocycles. The van der Waals surface area contributed by atoms with Crippen LogP contribution in [0.4, 0.5) is 16.3 Å². The number of imidazole rings is 1. The second kappa shape index (κ2) is 7.59. The summed E-state index contributed by atoms with van der Waals surface area (Å²) in [7, 11) is 0. The summed E-state index contributed by atoms with van der Waals surface area (Å²) in [4.78, 5) is 22.5. The summed E-state index contributed by atoms with van der Waals surface area (Å²) in [6, 6.07) is 3.42. The minimum Gasteiger partial charge on any atom is -0.378 e. The van der Waals surface area contributed by atoms with Crippen LogP contribution in [-0.4, -0.2) is 53.4 Å². The molecule has 0 saturated carbocycles.